The van der Waals surface area contributed by atoms with E-state index in [1.165, 1.54) is 22.3 Å². The number of rotatable bonds is 5. The summed E-state index contributed by atoms with van der Waals surface area (Å²) < 4.78 is 0. The molecule has 2 amide bonds. The van der Waals surface area contributed by atoms with Gasteiger partial charge in [0, 0.05) is 16.5 Å². The molecule has 7 heteroatoms. The highest BCUT2D eigenvalue weighted by atomic mass is 32.1. The van der Waals surface area contributed by atoms with Crippen LogP contribution in [0.4, 0.5) is 0 Å². The Labute approximate surface area is 118 Å². The maximum absolute atomic E-state index is 11.9. The molecule has 2 rings (SSSR count). The maximum Gasteiger partial charge on any atom is 0.261 e. The molecule has 0 saturated heterocycles. The highest BCUT2D eigenvalue weighted by Gasteiger charge is 2.12. The van der Waals surface area contributed by atoms with Crippen LogP contribution in [-0.2, 0) is 13.0 Å². The fourth-order valence-corrected chi connectivity index (χ4v) is 3.04. The average Bonchev–Trinajstić information content (AvgIpc) is 3.04. The molecular weight excluding hydrogens is 282 g/mol. The number of hydrogen-bond donors (Lipinski definition) is 2. The Kier molecular flexibility index (Phi) is 4.28. The van der Waals surface area contributed by atoms with Crippen molar-refractivity contribution in [2.75, 3.05) is 0 Å². The number of amides is 2. The lowest BCUT2D eigenvalue weighted by Crippen LogP contribution is -2.21. The standard InChI is InChI=1S/C12H13N3O2S2/c1-2-8-4-14-10(19-8)5-15-12(17)9-3-7(6-18-9)11(13)16/h3-4,6H,2,5H2,1H3,(H2,13,16)(H,15,17). The van der Waals surface area contributed by atoms with Gasteiger partial charge in [0.2, 0.25) is 5.91 Å². The van der Waals surface area contributed by atoms with Crippen molar-refractivity contribution in [3.05, 3.63) is 38.0 Å². The van der Waals surface area contributed by atoms with Gasteiger partial charge in [-0.2, -0.15) is 0 Å². The van der Waals surface area contributed by atoms with Crippen LogP contribution in [0.3, 0.4) is 0 Å². The van der Waals surface area contributed by atoms with Crippen LogP contribution in [-0.4, -0.2) is 16.8 Å². The third kappa shape index (κ3) is 3.39. The first kappa shape index (κ1) is 13.7. The van der Waals surface area contributed by atoms with E-state index in [4.69, 9.17) is 5.73 Å². The van der Waals surface area contributed by atoms with Crippen molar-refractivity contribution in [2.45, 2.75) is 19.9 Å². The molecule has 0 aliphatic carbocycles. The first-order chi connectivity index (χ1) is 9.10. The first-order valence-corrected chi connectivity index (χ1v) is 7.40. The summed E-state index contributed by atoms with van der Waals surface area (Å²) >= 11 is 2.78. The van der Waals surface area contributed by atoms with Crippen molar-refractivity contribution in [2.24, 2.45) is 5.73 Å². The Morgan fingerprint density at radius 3 is 2.84 bits per heavy atom. The predicted octanol–water partition coefficient (Wildman–Crippen LogP) is 1.80. The van der Waals surface area contributed by atoms with Crippen LogP contribution in [0.15, 0.2) is 17.6 Å². The molecule has 0 bridgehead atoms. The molecule has 0 spiro atoms. The summed E-state index contributed by atoms with van der Waals surface area (Å²) in [5.41, 5.74) is 5.50. The van der Waals surface area contributed by atoms with Crippen molar-refractivity contribution < 1.29 is 9.59 Å². The van der Waals surface area contributed by atoms with E-state index in [-0.39, 0.29) is 5.91 Å². The first-order valence-electron chi connectivity index (χ1n) is 5.70. The van der Waals surface area contributed by atoms with Crippen molar-refractivity contribution in [3.63, 3.8) is 0 Å². The van der Waals surface area contributed by atoms with Crippen LogP contribution in [0.2, 0.25) is 0 Å². The van der Waals surface area contributed by atoms with E-state index in [1.807, 2.05) is 6.20 Å². The van der Waals surface area contributed by atoms with Gasteiger partial charge in [0.15, 0.2) is 0 Å². The van der Waals surface area contributed by atoms with Gasteiger partial charge in [-0.15, -0.1) is 22.7 Å². The second-order valence-corrected chi connectivity index (χ2v) is 5.93. The molecule has 0 aliphatic rings. The minimum absolute atomic E-state index is 0.217. The predicted molar refractivity (Wildman–Crippen MR) is 75.5 cm³/mol. The van der Waals surface area contributed by atoms with Crippen molar-refractivity contribution in [1.29, 1.82) is 0 Å². The number of carbonyl (C=O) groups excluding carboxylic acids is 2. The van der Waals surface area contributed by atoms with Gasteiger partial charge >= 0.3 is 0 Å². The van der Waals surface area contributed by atoms with E-state index in [2.05, 4.69) is 17.2 Å². The number of primary amides is 1. The Bertz CT molecular complexity index is 604. The topological polar surface area (TPSA) is 85.1 Å². The van der Waals surface area contributed by atoms with E-state index in [1.54, 1.807) is 16.7 Å². The SMILES string of the molecule is CCc1cnc(CNC(=O)c2cc(C(N)=O)cs2)s1. The minimum atomic E-state index is -0.525. The normalized spacial score (nSPS) is 10.4. The molecule has 0 radical (unpaired) electrons. The molecule has 19 heavy (non-hydrogen) atoms. The van der Waals surface area contributed by atoms with E-state index in [0.717, 1.165) is 11.4 Å². The van der Waals surface area contributed by atoms with Gasteiger partial charge in [0.1, 0.15) is 5.01 Å². The molecule has 5 nitrogen and oxygen atoms in total. The number of nitrogens with zero attached hydrogens (tertiary/aromatic N) is 1. The molecule has 0 aliphatic heterocycles. The fourth-order valence-electron chi connectivity index (χ4n) is 1.42. The van der Waals surface area contributed by atoms with E-state index >= 15 is 0 Å². The van der Waals surface area contributed by atoms with Crippen LogP contribution in [0, 0.1) is 0 Å². The fraction of sp³-hybridized carbons (Fsp3) is 0.250. The number of thiophene rings is 1. The lowest BCUT2D eigenvalue weighted by Gasteiger charge is -1.99. The third-order valence-electron chi connectivity index (χ3n) is 2.46. The molecule has 100 valence electrons. The minimum Gasteiger partial charge on any atom is -0.366 e. The molecular formula is C12H13N3O2S2. The number of thiazole rings is 1. The molecule has 0 saturated carbocycles. The zero-order chi connectivity index (χ0) is 13.8. The van der Waals surface area contributed by atoms with E-state index in [0.29, 0.717) is 17.0 Å². The largest absolute Gasteiger partial charge is 0.366 e. The van der Waals surface area contributed by atoms with E-state index in [9.17, 15) is 9.59 Å². The van der Waals surface area contributed by atoms with Crippen LogP contribution in [0.1, 0.15) is 36.8 Å². The van der Waals surface area contributed by atoms with Crippen molar-refractivity contribution in [1.82, 2.24) is 10.3 Å². The molecule has 2 aromatic heterocycles. The summed E-state index contributed by atoms with van der Waals surface area (Å²) in [5.74, 6) is -0.742. The Morgan fingerprint density at radius 2 is 2.26 bits per heavy atom. The Balaban J connectivity index is 1.95. The van der Waals surface area contributed by atoms with Crippen LogP contribution < -0.4 is 11.1 Å². The summed E-state index contributed by atoms with van der Waals surface area (Å²) in [7, 11) is 0. The Hall–Kier alpha value is -1.73. The maximum atomic E-state index is 11.9. The molecule has 2 heterocycles. The van der Waals surface area contributed by atoms with Crippen molar-refractivity contribution in [3.8, 4) is 0 Å². The number of carbonyl (C=O) groups is 2. The monoisotopic (exact) mass is 295 g/mol. The lowest BCUT2D eigenvalue weighted by atomic mass is 10.3. The molecule has 0 aromatic carbocycles. The molecule has 0 atom stereocenters. The third-order valence-corrected chi connectivity index (χ3v) is 4.53. The van der Waals surface area contributed by atoms with Gasteiger partial charge in [-0.25, -0.2) is 4.98 Å². The van der Waals surface area contributed by atoms with Crippen LogP contribution in [0.25, 0.3) is 0 Å². The van der Waals surface area contributed by atoms with Gasteiger partial charge in [0.25, 0.3) is 5.91 Å². The Morgan fingerprint density at radius 1 is 1.47 bits per heavy atom. The summed E-state index contributed by atoms with van der Waals surface area (Å²) in [4.78, 5) is 28.7. The number of nitrogens with two attached hydrogens (primary N) is 1. The molecule has 2 aromatic rings. The summed E-state index contributed by atoms with van der Waals surface area (Å²) in [6.45, 7) is 2.46. The highest BCUT2D eigenvalue weighted by Crippen LogP contribution is 2.16. The molecule has 3 N–H and O–H groups in total. The van der Waals surface area contributed by atoms with Gasteiger partial charge in [-0.05, 0) is 12.5 Å². The average molecular weight is 295 g/mol. The van der Waals surface area contributed by atoms with Crippen LogP contribution >= 0.6 is 22.7 Å². The lowest BCUT2D eigenvalue weighted by molar-refractivity contribution is 0.0955. The van der Waals surface area contributed by atoms with Gasteiger partial charge in [-0.3, -0.25) is 9.59 Å². The second kappa shape index (κ2) is 5.94. The van der Waals surface area contributed by atoms with Gasteiger partial charge in [-0.1, -0.05) is 6.92 Å². The number of aromatic nitrogens is 1. The van der Waals surface area contributed by atoms with Gasteiger partial charge < -0.3 is 11.1 Å². The number of nitrogens with one attached hydrogen (secondary N) is 1. The zero-order valence-corrected chi connectivity index (χ0v) is 11.9. The molecule has 0 fully saturated rings. The second-order valence-electron chi connectivity index (χ2n) is 3.82. The van der Waals surface area contributed by atoms with Crippen LogP contribution in [0.5, 0.6) is 0 Å². The summed E-state index contributed by atoms with van der Waals surface area (Å²) in [6, 6.07) is 1.50. The van der Waals surface area contributed by atoms with Gasteiger partial charge in [0.05, 0.1) is 17.0 Å². The number of hydrogen-bond acceptors (Lipinski definition) is 5. The smallest absolute Gasteiger partial charge is 0.261 e. The molecule has 0 unspecified atom stereocenters. The quantitative estimate of drug-likeness (QED) is 0.882. The summed E-state index contributed by atoms with van der Waals surface area (Å²) in [5, 5.41) is 5.22. The van der Waals surface area contributed by atoms with E-state index < -0.39 is 5.91 Å². The zero-order valence-electron chi connectivity index (χ0n) is 10.3. The van der Waals surface area contributed by atoms with Crippen molar-refractivity contribution >= 4 is 34.5 Å². The summed E-state index contributed by atoms with van der Waals surface area (Å²) in [6.07, 6.45) is 2.76. The number of aryl methyl sites for hydroxylation is 1. The highest BCUT2D eigenvalue weighted by molar-refractivity contribution is 7.12.